The van der Waals surface area contributed by atoms with Gasteiger partial charge in [0.1, 0.15) is 10.5 Å². The van der Waals surface area contributed by atoms with Crippen molar-refractivity contribution in [1.82, 2.24) is 15.2 Å². The molecule has 0 saturated heterocycles. The zero-order chi connectivity index (χ0) is 11.5. The quantitative estimate of drug-likeness (QED) is 0.902. The van der Waals surface area contributed by atoms with E-state index in [1.54, 1.807) is 17.6 Å². The maximum atomic E-state index is 11.0. The fourth-order valence-electron chi connectivity index (χ4n) is 1.06. The van der Waals surface area contributed by atoms with Crippen LogP contribution < -0.4 is 0 Å². The summed E-state index contributed by atoms with van der Waals surface area (Å²) in [6.07, 6.45) is 0. The standard InChI is InChI=1S/C9H7N3O2S2/c1-5-2-3-6(8(13)14)7(11-5)16-9-12-10-4-15-9/h2-4H,1H3,(H,13,14). The fraction of sp³-hybridized carbons (Fsp3) is 0.111. The van der Waals surface area contributed by atoms with E-state index in [9.17, 15) is 4.79 Å². The van der Waals surface area contributed by atoms with Gasteiger partial charge in [0.2, 0.25) is 0 Å². The Kier molecular flexibility index (Phi) is 3.16. The number of hydrogen-bond donors (Lipinski definition) is 1. The van der Waals surface area contributed by atoms with E-state index in [1.807, 2.05) is 6.92 Å². The van der Waals surface area contributed by atoms with E-state index in [-0.39, 0.29) is 5.56 Å². The molecule has 2 heterocycles. The number of hydrogen-bond acceptors (Lipinski definition) is 6. The van der Waals surface area contributed by atoms with E-state index in [4.69, 9.17) is 5.11 Å². The Morgan fingerprint density at radius 2 is 2.31 bits per heavy atom. The summed E-state index contributed by atoms with van der Waals surface area (Å²) in [6, 6.07) is 3.22. The highest BCUT2D eigenvalue weighted by Crippen LogP contribution is 2.29. The molecule has 2 aromatic heterocycles. The van der Waals surface area contributed by atoms with Crippen LogP contribution in [0.4, 0.5) is 0 Å². The lowest BCUT2D eigenvalue weighted by atomic mass is 10.2. The largest absolute Gasteiger partial charge is 0.478 e. The lowest BCUT2D eigenvalue weighted by Gasteiger charge is -2.03. The first-order chi connectivity index (χ1) is 7.66. The molecule has 5 nitrogen and oxygen atoms in total. The molecule has 0 aliphatic rings. The molecule has 2 rings (SSSR count). The molecule has 0 aliphatic carbocycles. The molecule has 0 saturated carbocycles. The molecule has 0 fully saturated rings. The van der Waals surface area contributed by atoms with Gasteiger partial charge in [-0.05, 0) is 30.8 Å². The van der Waals surface area contributed by atoms with Gasteiger partial charge in [0.05, 0.1) is 5.56 Å². The lowest BCUT2D eigenvalue weighted by molar-refractivity contribution is 0.0692. The topological polar surface area (TPSA) is 76.0 Å². The summed E-state index contributed by atoms with van der Waals surface area (Å²) in [5, 5.41) is 17.0. The van der Waals surface area contributed by atoms with Crippen LogP contribution in [0.1, 0.15) is 16.1 Å². The van der Waals surface area contributed by atoms with Crippen molar-refractivity contribution in [2.24, 2.45) is 0 Å². The summed E-state index contributed by atoms with van der Waals surface area (Å²) in [6.45, 7) is 1.82. The number of aryl methyl sites for hydroxylation is 1. The van der Waals surface area contributed by atoms with Gasteiger partial charge < -0.3 is 5.11 Å². The van der Waals surface area contributed by atoms with Gasteiger partial charge in [-0.3, -0.25) is 0 Å². The molecule has 0 aromatic carbocycles. The summed E-state index contributed by atoms with van der Waals surface area (Å²) in [5.41, 5.74) is 2.56. The van der Waals surface area contributed by atoms with Crippen LogP contribution in [0.3, 0.4) is 0 Å². The third kappa shape index (κ3) is 2.37. The van der Waals surface area contributed by atoms with Crippen LogP contribution in [0.2, 0.25) is 0 Å². The van der Waals surface area contributed by atoms with Gasteiger partial charge in [0, 0.05) is 5.69 Å². The number of nitrogens with zero attached hydrogens (tertiary/aromatic N) is 3. The number of aromatic nitrogens is 3. The van der Waals surface area contributed by atoms with Gasteiger partial charge in [-0.25, -0.2) is 9.78 Å². The zero-order valence-corrected chi connectivity index (χ0v) is 9.88. The van der Waals surface area contributed by atoms with Crippen LogP contribution in [0.25, 0.3) is 0 Å². The number of aromatic carboxylic acids is 1. The molecule has 0 bridgehead atoms. The van der Waals surface area contributed by atoms with Crippen LogP contribution in [-0.2, 0) is 0 Å². The fourth-order valence-corrected chi connectivity index (χ4v) is 2.61. The SMILES string of the molecule is Cc1ccc(C(=O)O)c(Sc2nncs2)n1. The molecule has 0 amide bonds. The normalized spacial score (nSPS) is 10.3. The lowest BCUT2D eigenvalue weighted by Crippen LogP contribution is -2.01. The highest BCUT2D eigenvalue weighted by molar-refractivity contribution is 8.01. The third-order valence-corrected chi connectivity index (χ3v) is 3.54. The summed E-state index contributed by atoms with van der Waals surface area (Å²) < 4.78 is 0.681. The van der Waals surface area contributed by atoms with Crippen molar-refractivity contribution in [3.05, 3.63) is 28.9 Å². The van der Waals surface area contributed by atoms with E-state index < -0.39 is 5.97 Å². The van der Waals surface area contributed by atoms with E-state index in [2.05, 4.69) is 15.2 Å². The first kappa shape index (κ1) is 11.0. The molecule has 82 valence electrons. The van der Waals surface area contributed by atoms with Crippen LogP contribution in [-0.4, -0.2) is 26.3 Å². The highest BCUT2D eigenvalue weighted by atomic mass is 32.2. The molecule has 2 aromatic rings. The smallest absolute Gasteiger partial charge is 0.338 e. The first-order valence-corrected chi connectivity index (χ1v) is 6.01. The van der Waals surface area contributed by atoms with Crippen molar-refractivity contribution in [1.29, 1.82) is 0 Å². The molecule has 0 unspecified atom stereocenters. The molecule has 16 heavy (non-hydrogen) atoms. The predicted molar refractivity (Wildman–Crippen MR) is 60.0 cm³/mol. The molecule has 0 aliphatic heterocycles. The van der Waals surface area contributed by atoms with Crippen molar-refractivity contribution in [3.8, 4) is 0 Å². The summed E-state index contributed by atoms with van der Waals surface area (Å²) in [7, 11) is 0. The Bertz CT molecular complexity index is 513. The summed E-state index contributed by atoms with van der Waals surface area (Å²) >= 11 is 2.57. The highest BCUT2D eigenvalue weighted by Gasteiger charge is 2.14. The molecule has 0 atom stereocenters. The summed E-state index contributed by atoms with van der Waals surface area (Å²) in [4.78, 5) is 15.2. The van der Waals surface area contributed by atoms with Crippen molar-refractivity contribution in [2.75, 3.05) is 0 Å². The van der Waals surface area contributed by atoms with E-state index in [1.165, 1.54) is 23.1 Å². The Morgan fingerprint density at radius 3 is 2.94 bits per heavy atom. The monoisotopic (exact) mass is 253 g/mol. The first-order valence-electron chi connectivity index (χ1n) is 4.32. The Morgan fingerprint density at radius 1 is 1.50 bits per heavy atom. The van der Waals surface area contributed by atoms with Crippen LogP contribution in [0.15, 0.2) is 27.0 Å². The number of pyridine rings is 1. The third-order valence-electron chi connectivity index (χ3n) is 1.75. The predicted octanol–water partition coefficient (Wildman–Crippen LogP) is 2.09. The minimum absolute atomic E-state index is 0.186. The van der Waals surface area contributed by atoms with Crippen LogP contribution >= 0.6 is 23.1 Å². The van der Waals surface area contributed by atoms with E-state index in [0.717, 1.165) is 5.69 Å². The average molecular weight is 253 g/mol. The molecule has 0 spiro atoms. The maximum Gasteiger partial charge on any atom is 0.338 e. The van der Waals surface area contributed by atoms with E-state index in [0.29, 0.717) is 9.37 Å². The van der Waals surface area contributed by atoms with Crippen molar-refractivity contribution >= 4 is 29.1 Å². The number of rotatable bonds is 3. The van der Waals surface area contributed by atoms with Gasteiger partial charge in [-0.2, -0.15) is 0 Å². The minimum Gasteiger partial charge on any atom is -0.478 e. The van der Waals surface area contributed by atoms with Gasteiger partial charge in [-0.1, -0.05) is 11.3 Å². The molecular weight excluding hydrogens is 246 g/mol. The number of carbonyl (C=O) groups is 1. The summed E-state index contributed by atoms with van der Waals surface area (Å²) in [5.74, 6) is -0.987. The van der Waals surface area contributed by atoms with E-state index >= 15 is 0 Å². The Hall–Kier alpha value is -1.47. The van der Waals surface area contributed by atoms with Gasteiger partial charge in [-0.15, -0.1) is 10.2 Å². The minimum atomic E-state index is -0.987. The van der Waals surface area contributed by atoms with Gasteiger partial charge in [0.25, 0.3) is 0 Å². The number of carboxylic acid groups (broad SMARTS) is 1. The van der Waals surface area contributed by atoms with Crippen molar-refractivity contribution in [2.45, 2.75) is 16.3 Å². The second-order valence-corrected chi connectivity index (χ2v) is 4.99. The Balaban J connectivity index is 2.38. The average Bonchev–Trinajstić information content (AvgIpc) is 2.70. The van der Waals surface area contributed by atoms with Crippen LogP contribution in [0, 0.1) is 6.92 Å². The molecule has 1 N–H and O–H groups in total. The van der Waals surface area contributed by atoms with Crippen molar-refractivity contribution < 1.29 is 9.90 Å². The van der Waals surface area contributed by atoms with Crippen molar-refractivity contribution in [3.63, 3.8) is 0 Å². The molecule has 7 heteroatoms. The number of carboxylic acids is 1. The Labute approximate surface area is 99.6 Å². The zero-order valence-electron chi connectivity index (χ0n) is 8.25. The van der Waals surface area contributed by atoms with Gasteiger partial charge in [0.15, 0.2) is 4.34 Å². The second kappa shape index (κ2) is 4.58. The second-order valence-electron chi connectivity index (χ2n) is 2.92. The molecule has 0 radical (unpaired) electrons. The van der Waals surface area contributed by atoms with Crippen LogP contribution in [0.5, 0.6) is 0 Å². The molecular formula is C9H7N3O2S2. The van der Waals surface area contributed by atoms with Gasteiger partial charge >= 0.3 is 5.97 Å². The maximum absolute atomic E-state index is 11.0.